The first-order valence-corrected chi connectivity index (χ1v) is 3.18. The van der Waals surface area contributed by atoms with Crippen LogP contribution in [0.25, 0.3) is 5.76 Å². The molecule has 1 rings (SSSR count). The second-order valence-corrected chi connectivity index (χ2v) is 1.99. The van der Waals surface area contributed by atoms with Crippen LogP contribution in [0.15, 0.2) is 42.3 Å². The number of rotatable bonds is 1. The Balaban J connectivity index is 3.04. The molecule has 56 valence electrons. The minimum absolute atomic E-state index is 0.0619. The molecule has 0 radical (unpaired) electrons. The van der Waals surface area contributed by atoms with Crippen LogP contribution in [0.1, 0.15) is 5.56 Å². The summed E-state index contributed by atoms with van der Waals surface area (Å²) < 4.78 is 0. The zero-order valence-electron chi connectivity index (χ0n) is 5.86. The maximum Gasteiger partial charge on any atom is 0.169 e. The van der Waals surface area contributed by atoms with Crippen molar-refractivity contribution in [3.05, 3.63) is 47.9 Å². The van der Waals surface area contributed by atoms with E-state index in [0.29, 0.717) is 11.8 Å². The van der Waals surface area contributed by atoms with E-state index in [0.717, 1.165) is 0 Å². The highest BCUT2D eigenvalue weighted by molar-refractivity contribution is 5.56. The summed E-state index contributed by atoms with van der Waals surface area (Å²) in [7, 11) is 0. The van der Waals surface area contributed by atoms with Gasteiger partial charge in [0.25, 0.3) is 0 Å². The molecule has 0 saturated heterocycles. The molecule has 0 aliphatic carbocycles. The van der Waals surface area contributed by atoms with E-state index in [1.54, 1.807) is 24.3 Å². The lowest BCUT2D eigenvalue weighted by molar-refractivity contribution is 0.470. The average molecular weight is 148 g/mol. The van der Waals surface area contributed by atoms with Crippen molar-refractivity contribution in [1.82, 2.24) is 0 Å². The minimum atomic E-state index is -0.0619. The third-order valence-corrected chi connectivity index (χ3v) is 1.25. The molecule has 0 spiro atoms. The monoisotopic (exact) mass is 148 g/mol. The number of aliphatic hydroxyl groups excluding tert-OH is 2. The fourth-order valence-corrected chi connectivity index (χ4v) is 0.740. The number of benzene rings is 1. The molecule has 0 bridgehead atoms. The summed E-state index contributed by atoms with van der Waals surface area (Å²) in [5.74, 6) is -0.0619. The molecule has 0 atom stereocenters. The molecule has 0 unspecified atom stereocenters. The van der Waals surface area contributed by atoms with Crippen LogP contribution in [0.2, 0.25) is 0 Å². The lowest BCUT2D eigenvalue weighted by atomic mass is 10.2. The van der Waals surface area contributed by atoms with Crippen LogP contribution in [-0.4, -0.2) is 10.2 Å². The van der Waals surface area contributed by atoms with Gasteiger partial charge < -0.3 is 10.2 Å². The van der Waals surface area contributed by atoms with E-state index >= 15 is 0 Å². The van der Waals surface area contributed by atoms with Gasteiger partial charge in [0.05, 0.1) is 0 Å². The van der Waals surface area contributed by atoms with Gasteiger partial charge in [0, 0.05) is 5.56 Å². The Morgan fingerprint density at radius 3 is 2.45 bits per heavy atom. The highest BCUT2D eigenvalue weighted by Crippen LogP contribution is 2.07. The van der Waals surface area contributed by atoms with E-state index in [2.05, 4.69) is 5.73 Å². The molecule has 0 aliphatic rings. The molecule has 0 aliphatic heterocycles. The maximum atomic E-state index is 9.13. The van der Waals surface area contributed by atoms with E-state index in [1.165, 1.54) is 0 Å². The summed E-state index contributed by atoms with van der Waals surface area (Å²) in [4.78, 5) is 0. The molecule has 0 amide bonds. The third kappa shape index (κ3) is 1.88. The van der Waals surface area contributed by atoms with Gasteiger partial charge in [-0.15, -0.1) is 0 Å². The average Bonchev–Trinajstić information content (AvgIpc) is 2.07. The zero-order valence-corrected chi connectivity index (χ0v) is 5.86. The van der Waals surface area contributed by atoms with Gasteiger partial charge in [-0.3, -0.25) is 0 Å². The SMILES string of the molecule is OC=C=C(O)c1ccccc1. The Morgan fingerprint density at radius 1 is 1.27 bits per heavy atom. The van der Waals surface area contributed by atoms with Crippen LogP contribution in [0.5, 0.6) is 0 Å². The van der Waals surface area contributed by atoms with Crippen molar-refractivity contribution in [1.29, 1.82) is 0 Å². The second-order valence-electron chi connectivity index (χ2n) is 1.99. The standard InChI is InChI=1S/C9H8O2/c10-7-6-9(11)8-4-2-1-3-5-8/h1-5,7,10-11H. The van der Waals surface area contributed by atoms with Crippen LogP contribution < -0.4 is 0 Å². The van der Waals surface area contributed by atoms with Crippen molar-refractivity contribution in [3.63, 3.8) is 0 Å². The van der Waals surface area contributed by atoms with Crippen LogP contribution in [-0.2, 0) is 0 Å². The summed E-state index contributed by atoms with van der Waals surface area (Å²) in [6, 6.07) is 8.90. The van der Waals surface area contributed by atoms with Crippen molar-refractivity contribution in [2.24, 2.45) is 0 Å². The summed E-state index contributed by atoms with van der Waals surface area (Å²) in [5, 5.41) is 17.4. The fourth-order valence-electron chi connectivity index (χ4n) is 0.740. The molecule has 2 heteroatoms. The van der Waals surface area contributed by atoms with Crippen molar-refractivity contribution >= 4 is 5.76 Å². The van der Waals surface area contributed by atoms with Gasteiger partial charge in [0.2, 0.25) is 0 Å². The summed E-state index contributed by atoms with van der Waals surface area (Å²) in [6.07, 6.45) is 0.683. The van der Waals surface area contributed by atoms with Gasteiger partial charge in [0.1, 0.15) is 6.26 Å². The lowest BCUT2D eigenvalue weighted by Gasteiger charge is -1.93. The summed E-state index contributed by atoms with van der Waals surface area (Å²) in [5.41, 5.74) is 2.90. The highest BCUT2D eigenvalue weighted by Gasteiger charge is 1.92. The molecular weight excluding hydrogens is 140 g/mol. The first kappa shape index (κ1) is 7.45. The molecule has 1 aromatic rings. The Hall–Kier alpha value is -1.66. The summed E-state index contributed by atoms with van der Waals surface area (Å²) in [6.45, 7) is 0. The molecule has 2 N–H and O–H groups in total. The Kier molecular flexibility index (Phi) is 2.37. The number of aliphatic hydroxyl groups is 2. The highest BCUT2D eigenvalue weighted by atomic mass is 16.3. The lowest BCUT2D eigenvalue weighted by Crippen LogP contribution is -1.78. The molecule has 1 aromatic carbocycles. The molecule has 0 fully saturated rings. The van der Waals surface area contributed by atoms with Crippen molar-refractivity contribution in [2.75, 3.05) is 0 Å². The number of hydrogen-bond donors (Lipinski definition) is 2. The molecular formula is C9H8O2. The largest absolute Gasteiger partial charge is 0.507 e. The van der Waals surface area contributed by atoms with E-state index in [4.69, 9.17) is 10.2 Å². The smallest absolute Gasteiger partial charge is 0.169 e. The predicted octanol–water partition coefficient (Wildman–Crippen LogP) is 2.26. The van der Waals surface area contributed by atoms with E-state index in [1.807, 2.05) is 6.07 Å². The van der Waals surface area contributed by atoms with Crippen LogP contribution in [0.4, 0.5) is 0 Å². The Bertz CT molecular complexity index is 282. The molecule has 2 nitrogen and oxygen atoms in total. The summed E-state index contributed by atoms with van der Waals surface area (Å²) >= 11 is 0. The van der Waals surface area contributed by atoms with Crippen molar-refractivity contribution in [3.8, 4) is 0 Å². The number of hydrogen-bond acceptors (Lipinski definition) is 2. The molecule has 0 saturated carbocycles. The second kappa shape index (κ2) is 3.49. The van der Waals surface area contributed by atoms with E-state index < -0.39 is 0 Å². The van der Waals surface area contributed by atoms with Gasteiger partial charge in [-0.2, -0.15) is 0 Å². The Morgan fingerprint density at radius 2 is 1.91 bits per heavy atom. The van der Waals surface area contributed by atoms with Crippen molar-refractivity contribution in [2.45, 2.75) is 0 Å². The zero-order chi connectivity index (χ0) is 8.10. The Labute approximate surface area is 64.7 Å². The molecule has 0 aromatic heterocycles. The van der Waals surface area contributed by atoms with Gasteiger partial charge in [0.15, 0.2) is 5.76 Å². The normalized spacial score (nSPS) is 8.36. The first-order valence-electron chi connectivity index (χ1n) is 3.18. The van der Waals surface area contributed by atoms with Crippen LogP contribution in [0.3, 0.4) is 0 Å². The van der Waals surface area contributed by atoms with Crippen molar-refractivity contribution < 1.29 is 10.2 Å². The quantitative estimate of drug-likeness (QED) is 0.473. The molecule has 0 heterocycles. The van der Waals surface area contributed by atoms with Crippen LogP contribution >= 0.6 is 0 Å². The minimum Gasteiger partial charge on any atom is -0.507 e. The van der Waals surface area contributed by atoms with Gasteiger partial charge in [-0.1, -0.05) is 30.3 Å². The third-order valence-electron chi connectivity index (χ3n) is 1.25. The topological polar surface area (TPSA) is 40.5 Å². The van der Waals surface area contributed by atoms with Gasteiger partial charge in [-0.05, 0) is 5.73 Å². The van der Waals surface area contributed by atoms with Gasteiger partial charge >= 0.3 is 0 Å². The first-order chi connectivity index (χ1) is 5.34. The van der Waals surface area contributed by atoms with E-state index in [-0.39, 0.29) is 5.76 Å². The maximum absolute atomic E-state index is 9.13. The predicted molar refractivity (Wildman–Crippen MR) is 43.2 cm³/mol. The fraction of sp³-hybridized carbons (Fsp3) is 0. The van der Waals surface area contributed by atoms with E-state index in [9.17, 15) is 0 Å². The van der Waals surface area contributed by atoms with Crippen LogP contribution in [0, 0.1) is 0 Å². The molecule has 11 heavy (non-hydrogen) atoms. The van der Waals surface area contributed by atoms with Gasteiger partial charge in [-0.25, -0.2) is 0 Å².